The maximum absolute atomic E-state index is 12.9. The van der Waals surface area contributed by atoms with Crippen molar-refractivity contribution in [3.05, 3.63) is 97.7 Å². The smallest absolute Gasteiger partial charge is 0.231 e. The fourth-order valence-electron chi connectivity index (χ4n) is 3.86. The van der Waals surface area contributed by atoms with Crippen LogP contribution in [0.15, 0.2) is 60.4 Å². The highest BCUT2D eigenvalue weighted by atomic mass is 35.5. The number of carbonyl (C=O) groups is 1. The van der Waals surface area contributed by atoms with Crippen LogP contribution >= 0.6 is 34.8 Å². The van der Waals surface area contributed by atoms with Crippen LogP contribution in [0.4, 0.5) is 0 Å². The standard InChI is InChI=1S/C25H18Cl3NO3/c26-17-4-1-15(2-5-17)11-23-24(30)19-7-8-22-20(25(19)32-23)13-29(14-31-22)10-9-16-3-6-18(27)12-21(16)28/h1-8,11-12H,9-10,13-14H2/b23-11-. The van der Waals surface area contributed by atoms with Gasteiger partial charge in [-0.2, -0.15) is 0 Å². The largest absolute Gasteiger partial charge is 0.478 e. The number of rotatable bonds is 4. The number of hydrogen-bond donors (Lipinski definition) is 0. The van der Waals surface area contributed by atoms with Crippen molar-refractivity contribution < 1.29 is 14.3 Å². The van der Waals surface area contributed by atoms with Gasteiger partial charge in [0.25, 0.3) is 0 Å². The summed E-state index contributed by atoms with van der Waals surface area (Å²) in [5.74, 6) is 1.47. The Kier molecular flexibility index (Phi) is 5.87. The Morgan fingerprint density at radius 1 is 0.969 bits per heavy atom. The number of hydrogen-bond acceptors (Lipinski definition) is 4. The number of allylic oxidation sites excluding steroid dienone is 1. The molecule has 162 valence electrons. The van der Waals surface area contributed by atoms with Gasteiger partial charge in [0.2, 0.25) is 5.78 Å². The fraction of sp³-hybridized carbons (Fsp3) is 0.160. The summed E-state index contributed by atoms with van der Waals surface area (Å²) < 4.78 is 12.0. The summed E-state index contributed by atoms with van der Waals surface area (Å²) in [6.45, 7) is 1.81. The minimum Gasteiger partial charge on any atom is -0.478 e. The molecule has 0 aliphatic carbocycles. The van der Waals surface area contributed by atoms with Crippen molar-refractivity contribution in [2.45, 2.75) is 13.0 Å². The Morgan fingerprint density at radius 3 is 2.53 bits per heavy atom. The van der Waals surface area contributed by atoms with Gasteiger partial charge >= 0.3 is 0 Å². The highest BCUT2D eigenvalue weighted by Crippen LogP contribution is 2.42. The maximum Gasteiger partial charge on any atom is 0.231 e. The molecule has 0 radical (unpaired) electrons. The minimum atomic E-state index is -0.136. The molecular formula is C25H18Cl3NO3. The van der Waals surface area contributed by atoms with E-state index in [1.54, 1.807) is 30.3 Å². The summed E-state index contributed by atoms with van der Waals surface area (Å²) in [4.78, 5) is 15.1. The van der Waals surface area contributed by atoms with E-state index in [9.17, 15) is 4.79 Å². The molecule has 32 heavy (non-hydrogen) atoms. The van der Waals surface area contributed by atoms with E-state index in [0.29, 0.717) is 45.4 Å². The first-order valence-electron chi connectivity index (χ1n) is 10.1. The van der Waals surface area contributed by atoms with Crippen LogP contribution in [0.5, 0.6) is 11.5 Å². The molecule has 0 atom stereocenters. The lowest BCUT2D eigenvalue weighted by Crippen LogP contribution is -2.33. The average Bonchev–Trinajstić information content (AvgIpc) is 3.10. The normalized spacial score (nSPS) is 16.5. The molecule has 3 aromatic rings. The lowest BCUT2D eigenvalue weighted by atomic mass is 10.0. The quantitative estimate of drug-likeness (QED) is 0.387. The number of benzene rings is 3. The molecule has 0 spiro atoms. The first-order chi connectivity index (χ1) is 15.5. The SMILES string of the molecule is O=C1/C(=C/c2ccc(Cl)cc2)Oc2c1ccc1c2CN(CCc2ccc(Cl)cc2Cl)CO1. The Balaban J connectivity index is 1.35. The van der Waals surface area contributed by atoms with E-state index in [0.717, 1.165) is 35.4 Å². The van der Waals surface area contributed by atoms with Crippen LogP contribution in [-0.2, 0) is 13.0 Å². The van der Waals surface area contributed by atoms with Crippen LogP contribution in [-0.4, -0.2) is 24.0 Å². The van der Waals surface area contributed by atoms with Gasteiger partial charge in [0.1, 0.15) is 18.2 Å². The first-order valence-corrected chi connectivity index (χ1v) is 11.3. The molecule has 0 saturated heterocycles. The number of ether oxygens (including phenoxy) is 2. The third-order valence-electron chi connectivity index (χ3n) is 5.56. The zero-order chi connectivity index (χ0) is 22.2. The minimum absolute atomic E-state index is 0.136. The Bertz CT molecular complexity index is 1240. The van der Waals surface area contributed by atoms with Gasteiger partial charge in [0.05, 0.1) is 11.1 Å². The molecule has 0 fully saturated rings. The number of fused-ring (bicyclic) bond motifs is 3. The van der Waals surface area contributed by atoms with E-state index in [1.165, 1.54) is 0 Å². The summed E-state index contributed by atoms with van der Waals surface area (Å²) in [5, 5.41) is 1.91. The molecule has 7 heteroatoms. The highest BCUT2D eigenvalue weighted by Gasteiger charge is 2.33. The lowest BCUT2D eigenvalue weighted by Gasteiger charge is -2.29. The molecule has 3 aromatic carbocycles. The number of carbonyl (C=O) groups excluding carboxylic acids is 1. The van der Waals surface area contributed by atoms with Crippen LogP contribution in [0.2, 0.25) is 15.1 Å². The Morgan fingerprint density at radius 2 is 1.75 bits per heavy atom. The van der Waals surface area contributed by atoms with E-state index in [4.69, 9.17) is 44.3 Å². The van der Waals surface area contributed by atoms with Crippen LogP contribution in [0, 0.1) is 0 Å². The number of nitrogens with zero attached hydrogens (tertiary/aromatic N) is 1. The molecule has 4 nitrogen and oxygen atoms in total. The summed E-state index contributed by atoms with van der Waals surface area (Å²) in [6.07, 6.45) is 2.49. The predicted octanol–water partition coefficient (Wildman–Crippen LogP) is 6.66. The lowest BCUT2D eigenvalue weighted by molar-refractivity contribution is 0.0950. The van der Waals surface area contributed by atoms with Gasteiger partial charge in [0, 0.05) is 28.2 Å². The molecule has 2 heterocycles. The summed E-state index contributed by atoms with van der Waals surface area (Å²) in [7, 11) is 0. The van der Waals surface area contributed by atoms with Crippen LogP contribution in [0.3, 0.4) is 0 Å². The van der Waals surface area contributed by atoms with E-state index >= 15 is 0 Å². The predicted molar refractivity (Wildman–Crippen MR) is 127 cm³/mol. The Hall–Kier alpha value is -2.50. The van der Waals surface area contributed by atoms with E-state index in [1.807, 2.05) is 30.3 Å². The van der Waals surface area contributed by atoms with Gasteiger partial charge in [-0.25, -0.2) is 0 Å². The third kappa shape index (κ3) is 4.24. The van der Waals surface area contributed by atoms with Gasteiger partial charge < -0.3 is 9.47 Å². The van der Waals surface area contributed by atoms with Gasteiger partial charge in [-0.05, 0) is 60.0 Å². The summed E-state index contributed by atoms with van der Waals surface area (Å²) in [5.41, 5.74) is 3.30. The second-order valence-corrected chi connectivity index (χ2v) is 9.00. The van der Waals surface area contributed by atoms with Crippen molar-refractivity contribution in [3.63, 3.8) is 0 Å². The van der Waals surface area contributed by atoms with Gasteiger partial charge in [-0.15, -0.1) is 0 Å². The molecule has 0 aromatic heterocycles. The van der Waals surface area contributed by atoms with Gasteiger partial charge in [-0.3, -0.25) is 9.69 Å². The molecule has 0 N–H and O–H groups in total. The zero-order valence-electron chi connectivity index (χ0n) is 16.9. The molecule has 0 unspecified atom stereocenters. The monoisotopic (exact) mass is 485 g/mol. The second kappa shape index (κ2) is 8.80. The van der Waals surface area contributed by atoms with Crippen molar-refractivity contribution in [3.8, 4) is 11.5 Å². The number of halogens is 3. The van der Waals surface area contributed by atoms with Crippen LogP contribution in [0.25, 0.3) is 6.08 Å². The van der Waals surface area contributed by atoms with Crippen LogP contribution < -0.4 is 9.47 Å². The molecule has 0 saturated carbocycles. The average molecular weight is 487 g/mol. The second-order valence-electron chi connectivity index (χ2n) is 7.72. The molecule has 2 aliphatic heterocycles. The number of ketones is 1. The third-order valence-corrected chi connectivity index (χ3v) is 6.40. The topological polar surface area (TPSA) is 38.8 Å². The zero-order valence-corrected chi connectivity index (χ0v) is 19.2. The van der Waals surface area contributed by atoms with Crippen molar-refractivity contribution in [1.82, 2.24) is 4.90 Å². The molecule has 0 amide bonds. The summed E-state index contributed by atoms with van der Waals surface area (Å²) >= 11 is 18.3. The van der Waals surface area contributed by atoms with Crippen LogP contribution in [0.1, 0.15) is 27.0 Å². The summed E-state index contributed by atoms with van der Waals surface area (Å²) in [6, 6.07) is 16.4. The van der Waals surface area contributed by atoms with Crippen molar-refractivity contribution in [2.24, 2.45) is 0 Å². The first kappa shape index (κ1) is 21.4. The number of Topliss-reactive ketones (excluding diaryl/α,β-unsaturated/α-hetero) is 1. The van der Waals surface area contributed by atoms with Gasteiger partial charge in [0.15, 0.2) is 5.76 Å². The highest BCUT2D eigenvalue weighted by molar-refractivity contribution is 6.35. The molecule has 2 aliphatic rings. The van der Waals surface area contributed by atoms with E-state index in [2.05, 4.69) is 4.90 Å². The fourth-order valence-corrected chi connectivity index (χ4v) is 4.49. The maximum atomic E-state index is 12.9. The molecular weight excluding hydrogens is 469 g/mol. The van der Waals surface area contributed by atoms with Crippen molar-refractivity contribution >= 4 is 46.7 Å². The molecule has 5 rings (SSSR count). The van der Waals surface area contributed by atoms with E-state index in [-0.39, 0.29) is 5.78 Å². The molecule has 0 bridgehead atoms. The van der Waals surface area contributed by atoms with Crippen molar-refractivity contribution in [2.75, 3.05) is 13.3 Å². The Labute approximate surface area is 200 Å². The van der Waals surface area contributed by atoms with Gasteiger partial charge in [-0.1, -0.05) is 53.0 Å². The van der Waals surface area contributed by atoms with E-state index < -0.39 is 0 Å². The van der Waals surface area contributed by atoms with Crippen molar-refractivity contribution in [1.29, 1.82) is 0 Å².